The molecule has 1 saturated carbocycles. The molecule has 2 nitrogen and oxygen atoms in total. The predicted molar refractivity (Wildman–Crippen MR) is 87.1 cm³/mol. The molecular formula is C17H15Cl2NO. The number of halogens is 2. The van der Waals surface area contributed by atoms with Crippen molar-refractivity contribution in [3.63, 3.8) is 0 Å². The van der Waals surface area contributed by atoms with E-state index in [1.54, 1.807) is 0 Å². The van der Waals surface area contributed by atoms with Crippen LogP contribution in [0, 0.1) is 5.41 Å². The van der Waals surface area contributed by atoms with E-state index in [2.05, 4.69) is 29.6 Å². The van der Waals surface area contributed by atoms with Crippen molar-refractivity contribution >= 4 is 45.6 Å². The van der Waals surface area contributed by atoms with E-state index in [1.165, 1.54) is 16.5 Å². The number of hydrogen-bond donors (Lipinski definition) is 1. The highest BCUT2D eigenvalue weighted by Crippen LogP contribution is 2.64. The first kappa shape index (κ1) is 13.4. The first-order valence-electron chi connectivity index (χ1n) is 7.15. The first-order chi connectivity index (χ1) is 9.92. The fourth-order valence-electron chi connectivity index (χ4n) is 3.26. The van der Waals surface area contributed by atoms with Crippen molar-refractivity contribution in [1.82, 2.24) is 0 Å². The van der Waals surface area contributed by atoms with Crippen LogP contribution in [-0.4, -0.2) is 10.2 Å². The quantitative estimate of drug-likeness (QED) is 0.813. The average molecular weight is 320 g/mol. The molecule has 2 aromatic carbocycles. The Bertz CT molecular complexity index is 773. The van der Waals surface area contributed by atoms with Crippen molar-refractivity contribution in [2.45, 2.75) is 30.5 Å². The number of hydrogen-bond acceptors (Lipinski definition) is 1. The number of amides is 1. The van der Waals surface area contributed by atoms with Gasteiger partial charge >= 0.3 is 0 Å². The minimum absolute atomic E-state index is 0.105. The molecule has 0 spiro atoms. The van der Waals surface area contributed by atoms with Crippen LogP contribution in [0.15, 0.2) is 30.3 Å². The summed E-state index contributed by atoms with van der Waals surface area (Å²) in [4.78, 5) is 12.5. The molecule has 2 aromatic rings. The van der Waals surface area contributed by atoms with Crippen molar-refractivity contribution in [2.24, 2.45) is 5.41 Å². The monoisotopic (exact) mass is 319 g/mol. The highest BCUT2D eigenvalue weighted by Gasteiger charge is 2.67. The molecule has 1 N–H and O–H groups in total. The molecule has 1 amide bonds. The van der Waals surface area contributed by atoms with Crippen LogP contribution in [0.5, 0.6) is 0 Å². The Kier molecular flexibility index (Phi) is 2.65. The second-order valence-electron chi connectivity index (χ2n) is 6.28. The molecule has 2 aliphatic carbocycles. The standard InChI is InChI=1S/C17H15Cl2NO/c1-16(9-17(16,18)19)15(21)20-13-8-7-11-6-5-10-3-2-4-12(13)14(10)11/h2-4,7-8H,5-6,9H2,1H3,(H,20,21)/t16-/m1/s1. The molecule has 21 heavy (non-hydrogen) atoms. The molecule has 1 atom stereocenters. The van der Waals surface area contributed by atoms with Gasteiger partial charge in [0.1, 0.15) is 4.33 Å². The number of rotatable bonds is 2. The number of benzene rings is 2. The smallest absolute Gasteiger partial charge is 0.233 e. The van der Waals surface area contributed by atoms with Gasteiger partial charge in [0.05, 0.1) is 5.41 Å². The van der Waals surface area contributed by atoms with E-state index in [0.29, 0.717) is 6.42 Å². The molecule has 108 valence electrons. The van der Waals surface area contributed by atoms with Gasteiger partial charge in [-0.1, -0.05) is 24.3 Å². The lowest BCUT2D eigenvalue weighted by atomic mass is 10.0. The second-order valence-corrected chi connectivity index (χ2v) is 7.76. The molecule has 0 heterocycles. The van der Waals surface area contributed by atoms with E-state index < -0.39 is 9.75 Å². The Morgan fingerprint density at radius 1 is 1.14 bits per heavy atom. The Balaban J connectivity index is 1.75. The fourth-order valence-corrected chi connectivity index (χ4v) is 3.97. The number of alkyl halides is 2. The van der Waals surface area contributed by atoms with Gasteiger partial charge in [0, 0.05) is 11.1 Å². The van der Waals surface area contributed by atoms with Crippen LogP contribution < -0.4 is 5.32 Å². The van der Waals surface area contributed by atoms with Crippen molar-refractivity contribution in [3.05, 3.63) is 41.5 Å². The number of nitrogens with one attached hydrogen (secondary N) is 1. The third-order valence-electron chi connectivity index (χ3n) is 4.88. The lowest BCUT2D eigenvalue weighted by Gasteiger charge is -2.15. The molecule has 0 aliphatic heterocycles. The summed E-state index contributed by atoms with van der Waals surface area (Å²) in [5, 5.41) is 5.41. The van der Waals surface area contributed by atoms with E-state index in [1.807, 2.05) is 13.0 Å². The third-order valence-corrected chi connectivity index (χ3v) is 5.99. The molecule has 0 bridgehead atoms. The molecule has 2 aliphatic rings. The fraction of sp³-hybridized carbons (Fsp3) is 0.353. The van der Waals surface area contributed by atoms with Gasteiger partial charge in [-0.3, -0.25) is 4.79 Å². The van der Waals surface area contributed by atoms with E-state index in [9.17, 15) is 4.79 Å². The molecule has 4 rings (SSSR count). The van der Waals surface area contributed by atoms with Gasteiger partial charge in [0.2, 0.25) is 5.91 Å². The van der Waals surface area contributed by atoms with Crippen LogP contribution in [-0.2, 0) is 17.6 Å². The summed E-state index contributed by atoms with van der Waals surface area (Å²) in [5.41, 5.74) is 2.87. The lowest BCUT2D eigenvalue weighted by Crippen LogP contribution is -2.26. The third kappa shape index (κ3) is 1.82. The van der Waals surface area contributed by atoms with Gasteiger partial charge in [-0.2, -0.15) is 0 Å². The van der Waals surface area contributed by atoms with Gasteiger partial charge in [0.15, 0.2) is 0 Å². The Hall–Kier alpha value is -1.25. The maximum absolute atomic E-state index is 12.5. The zero-order valence-electron chi connectivity index (χ0n) is 11.7. The normalized spacial score (nSPS) is 25.1. The summed E-state index contributed by atoms with van der Waals surface area (Å²) < 4.78 is -0.939. The average Bonchev–Trinajstić information content (AvgIpc) is 2.81. The zero-order valence-corrected chi connectivity index (χ0v) is 13.2. The minimum Gasteiger partial charge on any atom is -0.325 e. The van der Waals surface area contributed by atoms with Crippen molar-refractivity contribution in [2.75, 3.05) is 5.32 Å². The van der Waals surface area contributed by atoms with E-state index >= 15 is 0 Å². The largest absolute Gasteiger partial charge is 0.325 e. The molecule has 4 heteroatoms. The first-order valence-corrected chi connectivity index (χ1v) is 7.91. The summed E-state index contributed by atoms with van der Waals surface area (Å²) in [6.07, 6.45) is 2.65. The maximum atomic E-state index is 12.5. The number of carbonyl (C=O) groups is 1. The molecule has 0 aromatic heterocycles. The topological polar surface area (TPSA) is 29.1 Å². The molecule has 1 fully saturated rings. The summed E-state index contributed by atoms with van der Waals surface area (Å²) >= 11 is 12.2. The van der Waals surface area contributed by atoms with Crippen molar-refractivity contribution in [1.29, 1.82) is 0 Å². The van der Waals surface area contributed by atoms with Crippen molar-refractivity contribution in [3.8, 4) is 0 Å². The van der Waals surface area contributed by atoms with Crippen LogP contribution in [0.2, 0.25) is 0 Å². The summed E-state index contributed by atoms with van der Waals surface area (Å²) in [6.45, 7) is 1.81. The predicted octanol–water partition coefficient (Wildman–Crippen LogP) is 4.46. The van der Waals surface area contributed by atoms with Gasteiger partial charge in [0.25, 0.3) is 0 Å². The molecular weight excluding hydrogens is 305 g/mol. The number of carbonyl (C=O) groups excluding carboxylic acids is 1. The van der Waals surface area contributed by atoms with Crippen molar-refractivity contribution < 1.29 is 4.79 Å². The van der Waals surface area contributed by atoms with Gasteiger partial charge < -0.3 is 5.32 Å². The minimum atomic E-state index is -0.939. The summed E-state index contributed by atoms with van der Waals surface area (Å²) in [7, 11) is 0. The Morgan fingerprint density at radius 3 is 2.48 bits per heavy atom. The second kappa shape index (κ2) is 4.15. The van der Waals surface area contributed by atoms with Crippen LogP contribution in [0.25, 0.3) is 10.8 Å². The van der Waals surface area contributed by atoms with Crippen LogP contribution in [0.1, 0.15) is 24.5 Å². The molecule has 0 unspecified atom stereocenters. The highest BCUT2D eigenvalue weighted by atomic mass is 35.5. The van der Waals surface area contributed by atoms with Crippen LogP contribution >= 0.6 is 23.2 Å². The Morgan fingerprint density at radius 2 is 1.81 bits per heavy atom. The summed E-state index contributed by atoms with van der Waals surface area (Å²) in [5.74, 6) is -0.105. The highest BCUT2D eigenvalue weighted by molar-refractivity contribution is 6.53. The van der Waals surface area contributed by atoms with E-state index in [-0.39, 0.29) is 5.91 Å². The Labute approximate surface area is 133 Å². The van der Waals surface area contributed by atoms with E-state index in [4.69, 9.17) is 23.2 Å². The van der Waals surface area contributed by atoms with Gasteiger partial charge in [-0.25, -0.2) is 0 Å². The summed E-state index contributed by atoms with van der Waals surface area (Å²) in [6, 6.07) is 10.4. The van der Waals surface area contributed by atoms with Crippen LogP contribution in [0.3, 0.4) is 0 Å². The molecule has 0 radical (unpaired) electrons. The van der Waals surface area contributed by atoms with E-state index in [0.717, 1.165) is 23.9 Å². The SMILES string of the molecule is C[C@]1(C(=O)Nc2ccc3c4c(cccc24)CC3)CC1(Cl)Cl. The van der Waals surface area contributed by atoms with Crippen LogP contribution in [0.4, 0.5) is 5.69 Å². The maximum Gasteiger partial charge on any atom is 0.233 e. The van der Waals surface area contributed by atoms with Gasteiger partial charge in [-0.15, -0.1) is 23.2 Å². The zero-order chi connectivity index (χ0) is 14.8. The lowest BCUT2D eigenvalue weighted by molar-refractivity contribution is -0.120. The van der Waals surface area contributed by atoms with Gasteiger partial charge in [-0.05, 0) is 48.8 Å². The molecule has 0 saturated heterocycles. The number of aryl methyl sites for hydroxylation is 2. The number of anilines is 1.